The van der Waals surface area contributed by atoms with E-state index in [0.29, 0.717) is 17.0 Å². The van der Waals surface area contributed by atoms with Crippen LogP contribution in [0.2, 0.25) is 0 Å². The molecule has 1 aromatic heterocycles. The van der Waals surface area contributed by atoms with E-state index in [1.807, 2.05) is 6.07 Å². The maximum Gasteiger partial charge on any atom is 0.332 e. The summed E-state index contributed by atoms with van der Waals surface area (Å²) in [5.41, 5.74) is 0.184. The van der Waals surface area contributed by atoms with Crippen molar-refractivity contribution in [3.63, 3.8) is 0 Å². The molecule has 0 aliphatic carbocycles. The summed E-state index contributed by atoms with van der Waals surface area (Å²) in [5, 5.41) is 11.6. The van der Waals surface area contributed by atoms with Crippen LogP contribution in [0.1, 0.15) is 5.56 Å². The monoisotopic (exact) mass is 218 g/mol. The molecule has 2 rings (SSSR count). The number of anilines is 1. The third-order valence-electron chi connectivity index (χ3n) is 2.65. The first-order valence-electron chi connectivity index (χ1n) is 4.71. The van der Waals surface area contributed by atoms with Gasteiger partial charge in [-0.15, -0.1) is 0 Å². The van der Waals surface area contributed by atoms with Gasteiger partial charge in [-0.3, -0.25) is 13.9 Å². The molecule has 0 aromatic carbocycles. The van der Waals surface area contributed by atoms with Crippen LogP contribution in [-0.2, 0) is 20.5 Å². The second-order valence-corrected chi connectivity index (χ2v) is 3.64. The number of nitriles is 1. The zero-order valence-corrected chi connectivity index (χ0v) is 8.94. The van der Waals surface area contributed by atoms with E-state index >= 15 is 0 Å². The zero-order chi connectivity index (χ0) is 11.9. The Balaban J connectivity index is 2.77. The fraction of sp³-hybridized carbons (Fsp3) is 0.300. The van der Waals surface area contributed by atoms with Gasteiger partial charge in [-0.25, -0.2) is 4.79 Å². The second kappa shape index (κ2) is 3.38. The highest BCUT2D eigenvalue weighted by atomic mass is 16.2. The van der Waals surface area contributed by atoms with Gasteiger partial charge in [-0.2, -0.15) is 5.26 Å². The molecule has 0 unspecified atom stereocenters. The first kappa shape index (κ1) is 10.2. The van der Waals surface area contributed by atoms with Gasteiger partial charge in [0.25, 0.3) is 5.56 Å². The van der Waals surface area contributed by atoms with Gasteiger partial charge < -0.3 is 5.32 Å². The Labute approximate surface area is 91.1 Å². The Bertz CT molecular complexity index is 642. The maximum absolute atomic E-state index is 11.8. The van der Waals surface area contributed by atoms with Gasteiger partial charge in [0.05, 0.1) is 17.2 Å². The first-order chi connectivity index (χ1) is 7.56. The molecule has 0 bridgehead atoms. The van der Waals surface area contributed by atoms with Gasteiger partial charge in [-0.1, -0.05) is 0 Å². The number of rotatable bonds is 0. The molecule has 2 heterocycles. The second-order valence-electron chi connectivity index (χ2n) is 3.64. The minimum Gasteiger partial charge on any atom is -0.347 e. The molecule has 1 aliphatic rings. The third kappa shape index (κ3) is 1.26. The Morgan fingerprint density at radius 2 is 2.06 bits per heavy atom. The standard InChI is InChI=1S/C10H10N4O2/c1-13-8-7(3-6(4-11)5-12-8)9(15)14(2)10(13)16/h5,12H,3H2,1-2H3. The van der Waals surface area contributed by atoms with Crippen LogP contribution in [-0.4, -0.2) is 9.13 Å². The summed E-state index contributed by atoms with van der Waals surface area (Å²) < 4.78 is 2.40. The van der Waals surface area contributed by atoms with Gasteiger partial charge in [-0.05, 0) is 0 Å². The molecule has 82 valence electrons. The number of fused-ring (bicyclic) bond motifs is 1. The molecular weight excluding hydrogens is 208 g/mol. The van der Waals surface area contributed by atoms with Gasteiger partial charge in [0, 0.05) is 26.7 Å². The Kier molecular flexibility index (Phi) is 2.16. The lowest BCUT2D eigenvalue weighted by Crippen LogP contribution is -2.41. The number of nitrogens with zero attached hydrogens (tertiary/aromatic N) is 3. The molecule has 0 atom stereocenters. The van der Waals surface area contributed by atoms with E-state index in [4.69, 9.17) is 5.26 Å². The van der Waals surface area contributed by atoms with Crippen LogP contribution < -0.4 is 16.6 Å². The van der Waals surface area contributed by atoms with Crippen molar-refractivity contribution in [2.45, 2.75) is 6.42 Å². The van der Waals surface area contributed by atoms with Crippen LogP contribution in [0.5, 0.6) is 0 Å². The molecule has 1 aromatic rings. The molecule has 0 saturated heterocycles. The predicted molar refractivity (Wildman–Crippen MR) is 57.9 cm³/mol. The van der Waals surface area contributed by atoms with Crippen LogP contribution >= 0.6 is 0 Å². The van der Waals surface area contributed by atoms with Gasteiger partial charge in [0.15, 0.2) is 0 Å². The molecule has 16 heavy (non-hydrogen) atoms. The minimum atomic E-state index is -0.384. The van der Waals surface area contributed by atoms with Crippen molar-refractivity contribution in [1.82, 2.24) is 9.13 Å². The highest BCUT2D eigenvalue weighted by molar-refractivity contribution is 5.54. The lowest BCUT2D eigenvalue weighted by Gasteiger charge is -2.18. The normalized spacial score (nSPS) is 13.4. The van der Waals surface area contributed by atoms with Crippen molar-refractivity contribution >= 4 is 5.82 Å². The van der Waals surface area contributed by atoms with Gasteiger partial charge >= 0.3 is 5.69 Å². The van der Waals surface area contributed by atoms with E-state index in [1.54, 1.807) is 7.05 Å². The first-order valence-corrected chi connectivity index (χ1v) is 4.71. The summed E-state index contributed by atoms with van der Waals surface area (Å²) in [6.07, 6.45) is 1.78. The van der Waals surface area contributed by atoms with Gasteiger partial charge in [0.2, 0.25) is 0 Å². The lowest BCUT2D eigenvalue weighted by molar-refractivity contribution is 0.677. The Hall–Kier alpha value is -2.29. The van der Waals surface area contributed by atoms with Crippen molar-refractivity contribution in [2.75, 3.05) is 5.32 Å². The highest BCUT2D eigenvalue weighted by Crippen LogP contribution is 2.17. The van der Waals surface area contributed by atoms with Crippen molar-refractivity contribution in [3.8, 4) is 6.07 Å². The quantitative estimate of drug-likeness (QED) is 0.634. The average Bonchev–Trinajstić information content (AvgIpc) is 2.33. The molecule has 6 nitrogen and oxygen atoms in total. The Morgan fingerprint density at radius 1 is 1.38 bits per heavy atom. The number of aromatic nitrogens is 2. The maximum atomic E-state index is 11.8. The Morgan fingerprint density at radius 3 is 2.69 bits per heavy atom. The van der Waals surface area contributed by atoms with Crippen molar-refractivity contribution < 1.29 is 0 Å². The van der Waals surface area contributed by atoms with E-state index in [9.17, 15) is 9.59 Å². The minimum absolute atomic E-state index is 0.264. The van der Waals surface area contributed by atoms with Crippen molar-refractivity contribution in [2.24, 2.45) is 14.1 Å². The number of nitrogens with one attached hydrogen (secondary N) is 1. The summed E-state index contributed by atoms with van der Waals surface area (Å²) in [4.78, 5) is 23.4. The summed E-state index contributed by atoms with van der Waals surface area (Å²) in [7, 11) is 3.01. The number of allylic oxidation sites excluding steroid dienone is 1. The molecule has 0 amide bonds. The molecule has 0 fully saturated rings. The summed E-state index contributed by atoms with van der Waals surface area (Å²) >= 11 is 0. The van der Waals surface area contributed by atoms with E-state index in [1.165, 1.54) is 17.8 Å². The van der Waals surface area contributed by atoms with E-state index in [2.05, 4.69) is 5.32 Å². The zero-order valence-electron chi connectivity index (χ0n) is 8.94. The van der Waals surface area contributed by atoms with Gasteiger partial charge in [0.1, 0.15) is 5.82 Å². The molecule has 6 heteroatoms. The molecule has 0 spiro atoms. The summed E-state index contributed by atoms with van der Waals surface area (Å²) in [6.45, 7) is 0. The van der Waals surface area contributed by atoms with Crippen LogP contribution in [0.15, 0.2) is 21.4 Å². The summed E-state index contributed by atoms with van der Waals surface area (Å²) in [5.74, 6) is 0.465. The molecular formula is C10H10N4O2. The largest absolute Gasteiger partial charge is 0.347 e. The third-order valence-corrected chi connectivity index (χ3v) is 2.65. The van der Waals surface area contributed by atoms with E-state index in [0.717, 1.165) is 4.57 Å². The van der Waals surface area contributed by atoms with E-state index < -0.39 is 0 Å². The van der Waals surface area contributed by atoms with Crippen LogP contribution in [0.25, 0.3) is 0 Å². The average molecular weight is 218 g/mol. The van der Waals surface area contributed by atoms with Crippen LogP contribution in [0.3, 0.4) is 0 Å². The smallest absolute Gasteiger partial charge is 0.332 e. The SMILES string of the molecule is Cn1c2c(c(=O)n(C)c1=O)CC(C#N)=CN2. The fourth-order valence-electron chi connectivity index (χ4n) is 1.73. The molecule has 0 saturated carbocycles. The topological polar surface area (TPSA) is 79.8 Å². The fourth-order valence-corrected chi connectivity index (χ4v) is 1.73. The van der Waals surface area contributed by atoms with Crippen molar-refractivity contribution in [1.29, 1.82) is 5.26 Å². The van der Waals surface area contributed by atoms with Crippen LogP contribution in [0, 0.1) is 11.3 Å². The number of hydrogen-bond donors (Lipinski definition) is 1. The molecule has 1 N–H and O–H groups in total. The molecule has 0 radical (unpaired) electrons. The predicted octanol–water partition coefficient (Wildman–Crippen LogP) is -0.541. The summed E-state index contributed by atoms with van der Waals surface area (Å²) in [6, 6.07) is 1.99. The molecule has 1 aliphatic heterocycles. The lowest BCUT2D eigenvalue weighted by atomic mass is 10.1. The van der Waals surface area contributed by atoms with Crippen molar-refractivity contribution in [3.05, 3.63) is 38.2 Å². The number of hydrogen-bond acceptors (Lipinski definition) is 4. The highest BCUT2D eigenvalue weighted by Gasteiger charge is 2.19. The van der Waals surface area contributed by atoms with E-state index in [-0.39, 0.29) is 17.7 Å². The van der Waals surface area contributed by atoms with Crippen LogP contribution in [0.4, 0.5) is 5.82 Å².